The SMILES string of the molecule is Cn1cc([C@@H]2NC(=O)CC[C@H]2NCc2cccc3[nH]ccc23)cn1. The van der Waals surface area contributed by atoms with Crippen LogP contribution in [0.5, 0.6) is 0 Å². The number of piperidine rings is 1. The molecule has 124 valence electrons. The van der Waals surface area contributed by atoms with Crippen LogP contribution < -0.4 is 10.6 Å². The summed E-state index contributed by atoms with van der Waals surface area (Å²) in [5, 5.41) is 12.2. The van der Waals surface area contributed by atoms with Crippen molar-refractivity contribution in [1.29, 1.82) is 0 Å². The number of carbonyl (C=O) groups excluding carboxylic acids is 1. The van der Waals surface area contributed by atoms with Crippen LogP contribution in [0, 0.1) is 0 Å². The molecule has 3 aromatic rings. The van der Waals surface area contributed by atoms with Crippen LogP contribution in [0.15, 0.2) is 42.9 Å². The Bertz CT molecular complexity index is 865. The van der Waals surface area contributed by atoms with E-state index in [1.807, 2.05) is 25.6 Å². The van der Waals surface area contributed by atoms with Gasteiger partial charge in [0.2, 0.25) is 5.91 Å². The number of carbonyl (C=O) groups is 1. The molecule has 1 amide bonds. The van der Waals surface area contributed by atoms with Crippen molar-refractivity contribution in [2.24, 2.45) is 7.05 Å². The molecule has 0 radical (unpaired) electrons. The standard InChI is InChI=1S/C18H21N5O/c1-23-11-13(10-21-23)18-16(5-6-17(24)22-18)20-9-12-3-2-4-15-14(12)7-8-19-15/h2-4,7-8,10-11,16,18-20H,5-6,9H2,1H3,(H,22,24)/t16-,18+/m1/s1. The molecule has 0 bridgehead atoms. The van der Waals surface area contributed by atoms with Gasteiger partial charge in [-0.05, 0) is 24.1 Å². The van der Waals surface area contributed by atoms with Gasteiger partial charge in [0.05, 0.1) is 12.2 Å². The van der Waals surface area contributed by atoms with Gasteiger partial charge in [-0.1, -0.05) is 12.1 Å². The van der Waals surface area contributed by atoms with Gasteiger partial charge in [0.25, 0.3) is 0 Å². The Morgan fingerprint density at radius 2 is 2.29 bits per heavy atom. The van der Waals surface area contributed by atoms with Crippen LogP contribution in [0.2, 0.25) is 0 Å². The summed E-state index contributed by atoms with van der Waals surface area (Å²) < 4.78 is 1.77. The molecule has 4 rings (SSSR count). The molecule has 1 aliphatic heterocycles. The summed E-state index contributed by atoms with van der Waals surface area (Å²) in [7, 11) is 1.89. The summed E-state index contributed by atoms with van der Waals surface area (Å²) in [4.78, 5) is 15.1. The van der Waals surface area contributed by atoms with Crippen LogP contribution in [0.3, 0.4) is 0 Å². The quantitative estimate of drug-likeness (QED) is 0.687. The van der Waals surface area contributed by atoms with E-state index >= 15 is 0 Å². The molecule has 0 spiro atoms. The predicted molar refractivity (Wildman–Crippen MR) is 92.3 cm³/mol. The number of hydrogen-bond acceptors (Lipinski definition) is 3. The Kier molecular flexibility index (Phi) is 3.82. The summed E-state index contributed by atoms with van der Waals surface area (Å²) in [5.74, 6) is 0.106. The highest BCUT2D eigenvalue weighted by Gasteiger charge is 2.30. The van der Waals surface area contributed by atoms with Gasteiger partial charge >= 0.3 is 0 Å². The van der Waals surface area contributed by atoms with Crippen LogP contribution in [0.4, 0.5) is 0 Å². The summed E-state index contributed by atoms with van der Waals surface area (Å²) >= 11 is 0. The number of nitrogens with one attached hydrogen (secondary N) is 3. The second kappa shape index (κ2) is 6.13. The molecule has 2 aromatic heterocycles. The van der Waals surface area contributed by atoms with Crippen molar-refractivity contribution in [2.45, 2.75) is 31.5 Å². The molecule has 3 N–H and O–H groups in total. The van der Waals surface area contributed by atoms with Gasteiger partial charge in [-0.2, -0.15) is 5.10 Å². The summed E-state index contributed by atoms with van der Waals surface area (Å²) in [6, 6.07) is 8.55. The number of aryl methyl sites for hydroxylation is 1. The van der Waals surface area contributed by atoms with Crippen molar-refractivity contribution < 1.29 is 4.79 Å². The number of nitrogens with zero attached hydrogens (tertiary/aromatic N) is 2. The largest absolute Gasteiger partial charge is 0.361 e. The van der Waals surface area contributed by atoms with Crippen molar-refractivity contribution in [3.05, 3.63) is 54.0 Å². The second-order valence-electron chi connectivity index (χ2n) is 6.37. The van der Waals surface area contributed by atoms with Crippen molar-refractivity contribution in [3.63, 3.8) is 0 Å². The summed E-state index contributed by atoms with van der Waals surface area (Å²) in [6.45, 7) is 0.770. The van der Waals surface area contributed by atoms with E-state index in [2.05, 4.69) is 45.0 Å². The minimum Gasteiger partial charge on any atom is -0.361 e. The number of aromatic nitrogens is 3. The average molecular weight is 323 g/mol. The lowest BCUT2D eigenvalue weighted by molar-refractivity contribution is -0.123. The van der Waals surface area contributed by atoms with Gasteiger partial charge in [-0.25, -0.2) is 0 Å². The van der Waals surface area contributed by atoms with Gasteiger partial charge in [0.15, 0.2) is 0 Å². The van der Waals surface area contributed by atoms with E-state index in [0.717, 1.165) is 24.0 Å². The first-order chi connectivity index (χ1) is 11.7. The second-order valence-corrected chi connectivity index (χ2v) is 6.37. The molecular formula is C18H21N5O. The summed E-state index contributed by atoms with van der Waals surface area (Å²) in [5.41, 5.74) is 3.45. The highest BCUT2D eigenvalue weighted by Crippen LogP contribution is 2.25. The Hall–Kier alpha value is -2.60. The molecule has 0 saturated carbocycles. The monoisotopic (exact) mass is 323 g/mol. The number of benzene rings is 1. The van der Waals surface area contributed by atoms with Crippen molar-refractivity contribution in [1.82, 2.24) is 25.4 Å². The minimum absolute atomic E-state index is 0.0367. The number of hydrogen-bond donors (Lipinski definition) is 3. The first-order valence-corrected chi connectivity index (χ1v) is 8.27. The number of rotatable bonds is 4. The fourth-order valence-electron chi connectivity index (χ4n) is 3.48. The molecule has 0 aliphatic carbocycles. The molecule has 1 fully saturated rings. The first kappa shape index (κ1) is 15.0. The van der Waals surface area contributed by atoms with E-state index in [1.54, 1.807) is 4.68 Å². The minimum atomic E-state index is -0.0367. The molecule has 1 aromatic carbocycles. The maximum Gasteiger partial charge on any atom is 0.220 e. The Labute approximate surface area is 140 Å². The molecule has 1 aliphatic rings. The number of fused-ring (bicyclic) bond motifs is 1. The maximum atomic E-state index is 11.8. The Morgan fingerprint density at radius 3 is 3.12 bits per heavy atom. The Balaban J connectivity index is 1.53. The molecule has 0 unspecified atom stereocenters. The van der Waals surface area contributed by atoms with E-state index in [0.29, 0.717) is 6.42 Å². The number of H-pyrrole nitrogens is 1. The van der Waals surface area contributed by atoms with E-state index < -0.39 is 0 Å². The number of amides is 1. The lowest BCUT2D eigenvalue weighted by atomic mass is 9.93. The van der Waals surface area contributed by atoms with E-state index in [1.165, 1.54) is 10.9 Å². The third-order valence-electron chi connectivity index (χ3n) is 4.73. The van der Waals surface area contributed by atoms with Crippen LogP contribution in [0.1, 0.15) is 30.0 Å². The molecule has 24 heavy (non-hydrogen) atoms. The zero-order valence-corrected chi connectivity index (χ0v) is 13.6. The van der Waals surface area contributed by atoms with Crippen molar-refractivity contribution in [3.8, 4) is 0 Å². The molecule has 1 saturated heterocycles. The van der Waals surface area contributed by atoms with E-state index in [9.17, 15) is 4.79 Å². The normalized spacial score (nSPS) is 21.1. The molecule has 3 heterocycles. The van der Waals surface area contributed by atoms with E-state index in [-0.39, 0.29) is 18.0 Å². The molecule has 6 nitrogen and oxygen atoms in total. The van der Waals surface area contributed by atoms with Crippen LogP contribution in [0.25, 0.3) is 10.9 Å². The average Bonchev–Trinajstić information content (AvgIpc) is 3.22. The lowest BCUT2D eigenvalue weighted by Crippen LogP contribution is -2.48. The molecular weight excluding hydrogens is 302 g/mol. The van der Waals surface area contributed by atoms with Crippen LogP contribution in [-0.2, 0) is 18.4 Å². The maximum absolute atomic E-state index is 11.8. The van der Waals surface area contributed by atoms with Crippen molar-refractivity contribution in [2.75, 3.05) is 0 Å². The van der Waals surface area contributed by atoms with E-state index in [4.69, 9.17) is 0 Å². The lowest BCUT2D eigenvalue weighted by Gasteiger charge is -2.32. The summed E-state index contributed by atoms with van der Waals surface area (Å²) in [6.07, 6.45) is 7.15. The molecule has 6 heteroatoms. The third-order valence-corrected chi connectivity index (χ3v) is 4.73. The fourth-order valence-corrected chi connectivity index (χ4v) is 3.48. The third kappa shape index (κ3) is 2.80. The zero-order valence-electron chi connectivity index (χ0n) is 13.6. The smallest absolute Gasteiger partial charge is 0.220 e. The van der Waals surface area contributed by atoms with Gasteiger partial charge < -0.3 is 15.6 Å². The first-order valence-electron chi connectivity index (χ1n) is 8.27. The Morgan fingerprint density at radius 1 is 1.38 bits per heavy atom. The van der Waals surface area contributed by atoms with Crippen LogP contribution >= 0.6 is 0 Å². The topological polar surface area (TPSA) is 74.7 Å². The predicted octanol–water partition coefficient (Wildman–Crippen LogP) is 2.01. The van der Waals surface area contributed by atoms with Gasteiger partial charge in [0.1, 0.15) is 0 Å². The highest BCUT2D eigenvalue weighted by atomic mass is 16.1. The van der Waals surface area contributed by atoms with Gasteiger partial charge in [0, 0.05) is 54.9 Å². The fraction of sp³-hybridized carbons (Fsp3) is 0.333. The van der Waals surface area contributed by atoms with Crippen LogP contribution in [-0.4, -0.2) is 26.7 Å². The highest BCUT2D eigenvalue weighted by molar-refractivity contribution is 5.82. The van der Waals surface area contributed by atoms with Gasteiger partial charge in [-0.15, -0.1) is 0 Å². The molecule has 2 atom stereocenters. The van der Waals surface area contributed by atoms with Gasteiger partial charge in [-0.3, -0.25) is 9.48 Å². The van der Waals surface area contributed by atoms with Crippen molar-refractivity contribution >= 4 is 16.8 Å². The number of aromatic amines is 1. The zero-order chi connectivity index (χ0) is 16.5.